The average molecular weight is 286 g/mol. The van der Waals surface area contributed by atoms with Crippen molar-refractivity contribution in [2.75, 3.05) is 0 Å². The third kappa shape index (κ3) is 2.43. The first-order valence-electron chi connectivity index (χ1n) is 7.77. The number of carbonyl (C=O) groups is 2. The summed E-state index contributed by atoms with van der Waals surface area (Å²) in [5.74, 6) is 0.487. The summed E-state index contributed by atoms with van der Waals surface area (Å²) in [5, 5.41) is 2.81. The molecule has 0 spiro atoms. The summed E-state index contributed by atoms with van der Waals surface area (Å²) >= 11 is 0. The fourth-order valence-corrected chi connectivity index (χ4v) is 3.36. The van der Waals surface area contributed by atoms with Crippen LogP contribution in [0, 0.1) is 5.92 Å². The van der Waals surface area contributed by atoms with Crippen LogP contribution in [0.25, 0.3) is 0 Å². The molecule has 0 radical (unpaired) electrons. The molecule has 1 N–H and O–H groups in total. The van der Waals surface area contributed by atoms with Crippen LogP contribution in [0.5, 0.6) is 0 Å². The summed E-state index contributed by atoms with van der Waals surface area (Å²) < 4.78 is 0. The molecule has 2 fully saturated rings. The third-order valence-electron chi connectivity index (χ3n) is 4.90. The van der Waals surface area contributed by atoms with Crippen LogP contribution in [0.15, 0.2) is 30.3 Å². The molecule has 3 rings (SSSR count). The van der Waals surface area contributed by atoms with Crippen molar-refractivity contribution in [2.45, 2.75) is 51.2 Å². The Morgan fingerprint density at radius 1 is 1.19 bits per heavy atom. The van der Waals surface area contributed by atoms with Gasteiger partial charge in [-0.25, -0.2) is 0 Å². The molecule has 0 aromatic heterocycles. The average Bonchev–Trinajstić information content (AvgIpc) is 2.41. The van der Waals surface area contributed by atoms with Gasteiger partial charge in [-0.3, -0.25) is 9.59 Å². The van der Waals surface area contributed by atoms with E-state index in [0.29, 0.717) is 5.92 Å². The highest BCUT2D eigenvalue weighted by atomic mass is 16.2. The molecular weight excluding hydrogens is 264 g/mol. The van der Waals surface area contributed by atoms with Gasteiger partial charge in [-0.05, 0) is 38.2 Å². The lowest BCUT2D eigenvalue weighted by Gasteiger charge is -2.46. The van der Waals surface area contributed by atoms with E-state index in [1.165, 1.54) is 6.42 Å². The second-order valence-corrected chi connectivity index (χ2v) is 6.22. The van der Waals surface area contributed by atoms with Gasteiger partial charge >= 0.3 is 0 Å². The molecule has 1 aliphatic heterocycles. The van der Waals surface area contributed by atoms with E-state index < -0.39 is 12.1 Å². The van der Waals surface area contributed by atoms with Gasteiger partial charge in [0, 0.05) is 6.04 Å². The van der Waals surface area contributed by atoms with Crippen molar-refractivity contribution >= 4 is 11.8 Å². The molecule has 1 heterocycles. The molecule has 0 bridgehead atoms. The predicted octanol–water partition coefficient (Wildman–Crippen LogP) is 2.26. The Balaban J connectivity index is 1.96. The van der Waals surface area contributed by atoms with Crippen molar-refractivity contribution in [1.29, 1.82) is 0 Å². The van der Waals surface area contributed by atoms with Crippen LogP contribution in [0.4, 0.5) is 0 Å². The first-order valence-corrected chi connectivity index (χ1v) is 7.77. The van der Waals surface area contributed by atoms with E-state index in [9.17, 15) is 9.59 Å². The smallest absolute Gasteiger partial charge is 0.248 e. The normalized spacial score (nSPS) is 28.0. The van der Waals surface area contributed by atoms with E-state index in [0.717, 1.165) is 18.4 Å². The van der Waals surface area contributed by atoms with E-state index in [1.54, 1.807) is 6.92 Å². The van der Waals surface area contributed by atoms with Crippen LogP contribution in [-0.4, -0.2) is 28.8 Å². The Morgan fingerprint density at radius 2 is 1.86 bits per heavy atom. The largest absolute Gasteiger partial charge is 0.342 e. The third-order valence-corrected chi connectivity index (χ3v) is 4.90. The molecule has 4 nitrogen and oxygen atoms in total. The Morgan fingerprint density at radius 3 is 2.43 bits per heavy atom. The van der Waals surface area contributed by atoms with E-state index in [2.05, 4.69) is 12.2 Å². The summed E-state index contributed by atoms with van der Waals surface area (Å²) in [6.45, 7) is 3.85. The minimum Gasteiger partial charge on any atom is -0.342 e. The molecule has 1 saturated heterocycles. The maximum absolute atomic E-state index is 12.7. The van der Waals surface area contributed by atoms with Gasteiger partial charge in [0.2, 0.25) is 11.8 Å². The van der Waals surface area contributed by atoms with Gasteiger partial charge in [0.05, 0.1) is 0 Å². The quantitative estimate of drug-likeness (QED) is 0.926. The number of nitrogens with one attached hydrogen (secondary N) is 1. The summed E-state index contributed by atoms with van der Waals surface area (Å²) in [6, 6.07) is 8.79. The zero-order valence-corrected chi connectivity index (χ0v) is 12.6. The number of hydrogen-bond donors (Lipinski definition) is 1. The number of hydrogen-bond acceptors (Lipinski definition) is 2. The molecule has 1 aromatic carbocycles. The summed E-state index contributed by atoms with van der Waals surface area (Å²) in [4.78, 5) is 27.0. The van der Waals surface area contributed by atoms with Gasteiger partial charge in [0.25, 0.3) is 0 Å². The topological polar surface area (TPSA) is 49.4 Å². The van der Waals surface area contributed by atoms with Crippen molar-refractivity contribution in [2.24, 2.45) is 5.92 Å². The Bertz CT molecular complexity index is 539. The fraction of sp³-hybridized carbons (Fsp3) is 0.529. The van der Waals surface area contributed by atoms with Gasteiger partial charge in [-0.2, -0.15) is 0 Å². The predicted molar refractivity (Wildman–Crippen MR) is 80.4 cm³/mol. The maximum Gasteiger partial charge on any atom is 0.248 e. The monoisotopic (exact) mass is 286 g/mol. The van der Waals surface area contributed by atoms with Crippen LogP contribution in [-0.2, 0) is 9.59 Å². The molecule has 2 amide bonds. The van der Waals surface area contributed by atoms with Crippen molar-refractivity contribution in [3.8, 4) is 0 Å². The van der Waals surface area contributed by atoms with Crippen LogP contribution >= 0.6 is 0 Å². The zero-order chi connectivity index (χ0) is 15.0. The fourth-order valence-electron chi connectivity index (χ4n) is 3.36. The number of piperazine rings is 1. The van der Waals surface area contributed by atoms with Crippen molar-refractivity contribution < 1.29 is 9.59 Å². The molecule has 3 atom stereocenters. The van der Waals surface area contributed by atoms with Gasteiger partial charge in [0.1, 0.15) is 12.1 Å². The van der Waals surface area contributed by atoms with Crippen molar-refractivity contribution in [3.05, 3.63) is 35.9 Å². The maximum atomic E-state index is 12.7. The van der Waals surface area contributed by atoms with Crippen LogP contribution < -0.4 is 5.32 Å². The Hall–Kier alpha value is -1.84. The number of amides is 2. The van der Waals surface area contributed by atoms with E-state index in [-0.39, 0.29) is 17.9 Å². The van der Waals surface area contributed by atoms with Crippen LogP contribution in [0.1, 0.15) is 44.7 Å². The first-order chi connectivity index (χ1) is 10.1. The standard InChI is InChI=1S/C17H22N2O2/c1-11-17(21)19(12(2)13-9-6-10-13)15(16(20)18-11)14-7-4-3-5-8-14/h3-5,7-8,11-13,15H,6,9-10H2,1-2H3,(H,18,20). The lowest BCUT2D eigenvalue weighted by atomic mass is 9.78. The van der Waals surface area contributed by atoms with E-state index >= 15 is 0 Å². The van der Waals surface area contributed by atoms with Gasteiger partial charge in [-0.15, -0.1) is 0 Å². The van der Waals surface area contributed by atoms with Crippen LogP contribution in [0.3, 0.4) is 0 Å². The first kappa shape index (κ1) is 14.1. The van der Waals surface area contributed by atoms with Gasteiger partial charge < -0.3 is 10.2 Å². The molecule has 4 heteroatoms. The summed E-state index contributed by atoms with van der Waals surface area (Å²) in [5.41, 5.74) is 0.890. The second kappa shape index (κ2) is 5.51. The molecule has 1 aromatic rings. The van der Waals surface area contributed by atoms with E-state index in [4.69, 9.17) is 0 Å². The summed E-state index contributed by atoms with van der Waals surface area (Å²) in [7, 11) is 0. The number of carbonyl (C=O) groups excluding carboxylic acids is 2. The van der Waals surface area contributed by atoms with Crippen molar-refractivity contribution in [1.82, 2.24) is 10.2 Å². The molecule has 2 aliphatic rings. The SMILES string of the molecule is CC1NC(=O)C(c2ccccc2)N(C(C)C2CCC2)C1=O. The van der Waals surface area contributed by atoms with Gasteiger partial charge in [-0.1, -0.05) is 36.8 Å². The van der Waals surface area contributed by atoms with Gasteiger partial charge in [0.15, 0.2) is 0 Å². The minimum atomic E-state index is -0.495. The van der Waals surface area contributed by atoms with Crippen molar-refractivity contribution in [3.63, 3.8) is 0 Å². The number of nitrogens with zero attached hydrogens (tertiary/aromatic N) is 1. The number of rotatable bonds is 3. The molecule has 21 heavy (non-hydrogen) atoms. The molecule has 3 unspecified atom stereocenters. The zero-order valence-electron chi connectivity index (χ0n) is 12.6. The molecule has 1 saturated carbocycles. The molecule has 112 valence electrons. The highest BCUT2D eigenvalue weighted by molar-refractivity contribution is 5.97. The Kier molecular flexibility index (Phi) is 3.70. The molecular formula is C17H22N2O2. The Labute approximate surface area is 125 Å². The lowest BCUT2D eigenvalue weighted by Crippen LogP contribution is -2.62. The highest BCUT2D eigenvalue weighted by Gasteiger charge is 2.44. The highest BCUT2D eigenvalue weighted by Crippen LogP contribution is 2.37. The molecule has 1 aliphatic carbocycles. The number of benzene rings is 1. The second-order valence-electron chi connectivity index (χ2n) is 6.22. The lowest BCUT2D eigenvalue weighted by molar-refractivity contribution is -0.153. The van der Waals surface area contributed by atoms with Crippen LogP contribution in [0.2, 0.25) is 0 Å². The van der Waals surface area contributed by atoms with E-state index in [1.807, 2.05) is 35.2 Å². The summed E-state index contributed by atoms with van der Waals surface area (Å²) in [6.07, 6.45) is 3.54. The minimum absolute atomic E-state index is 0.0304.